The smallest absolute Gasteiger partial charge is 0.0555 e. The summed E-state index contributed by atoms with van der Waals surface area (Å²) in [5.74, 6) is 0. The summed E-state index contributed by atoms with van der Waals surface area (Å²) < 4.78 is 0. The van der Waals surface area contributed by atoms with Crippen molar-refractivity contribution in [1.82, 2.24) is 9.97 Å². The first-order chi connectivity index (χ1) is 3.79. The highest BCUT2D eigenvalue weighted by molar-refractivity contribution is 4.97. The Kier molecular flexibility index (Phi) is 1.24. The molecule has 0 aromatic carbocycles. The van der Waals surface area contributed by atoms with Crippen molar-refractivity contribution in [2.45, 2.75) is 13.8 Å². The number of nitrogens with zero attached hydrogens (tertiary/aromatic N) is 2. The van der Waals surface area contributed by atoms with Crippen LogP contribution in [0.2, 0.25) is 0 Å². The number of aryl methyl sites for hydroxylation is 2. The topological polar surface area (TPSA) is 25.8 Å². The summed E-state index contributed by atoms with van der Waals surface area (Å²) in [6.45, 7) is 3.85. The summed E-state index contributed by atoms with van der Waals surface area (Å²) in [5, 5.41) is 0. The summed E-state index contributed by atoms with van der Waals surface area (Å²) in [6, 6.07) is 0. The standard InChI is InChI=1S/C6H8N2/c1-5-3-8-6(2)4-7-5/h3-4H,1-2H3. The molecule has 0 aliphatic carbocycles. The van der Waals surface area contributed by atoms with Crippen molar-refractivity contribution in [3.8, 4) is 0 Å². The normalized spacial score (nSPS) is 9.25. The molecule has 0 aliphatic heterocycles. The second-order valence-electron chi connectivity index (χ2n) is 1.80. The molecule has 8 heavy (non-hydrogen) atoms. The van der Waals surface area contributed by atoms with Crippen molar-refractivity contribution >= 4 is 0 Å². The van der Waals surface area contributed by atoms with Gasteiger partial charge in [-0.15, -0.1) is 0 Å². The van der Waals surface area contributed by atoms with E-state index in [0.717, 1.165) is 11.4 Å². The van der Waals surface area contributed by atoms with Gasteiger partial charge in [0.05, 0.1) is 11.4 Å². The predicted molar refractivity (Wildman–Crippen MR) is 31.5 cm³/mol. The molecular weight excluding hydrogens is 100 g/mol. The Balaban J connectivity index is 3.03. The van der Waals surface area contributed by atoms with Crippen LogP contribution >= 0.6 is 0 Å². The predicted octanol–water partition coefficient (Wildman–Crippen LogP) is 1.09. The van der Waals surface area contributed by atoms with E-state index in [4.69, 9.17) is 0 Å². The van der Waals surface area contributed by atoms with E-state index in [1.165, 1.54) is 0 Å². The minimum atomic E-state index is 0.968. The van der Waals surface area contributed by atoms with E-state index in [-0.39, 0.29) is 0 Å². The molecule has 0 spiro atoms. The first kappa shape index (κ1) is 5.22. The highest BCUT2D eigenvalue weighted by Gasteiger charge is 1.82. The van der Waals surface area contributed by atoms with Gasteiger partial charge in [-0.05, 0) is 13.8 Å². The Labute approximate surface area is 48.6 Å². The fourth-order valence-corrected chi connectivity index (χ4v) is 0.457. The van der Waals surface area contributed by atoms with Gasteiger partial charge in [0.2, 0.25) is 0 Å². The van der Waals surface area contributed by atoms with Gasteiger partial charge in [-0.25, -0.2) is 0 Å². The van der Waals surface area contributed by atoms with Crippen LogP contribution in [-0.4, -0.2) is 9.97 Å². The lowest BCUT2D eigenvalue weighted by Gasteiger charge is -1.88. The van der Waals surface area contributed by atoms with Crippen molar-refractivity contribution < 1.29 is 0 Å². The summed E-state index contributed by atoms with van der Waals surface area (Å²) in [6.07, 6.45) is 3.52. The average Bonchev–Trinajstić information content (AvgIpc) is 1.77. The van der Waals surface area contributed by atoms with Gasteiger partial charge in [-0.3, -0.25) is 9.97 Å². The molecule has 2 nitrogen and oxygen atoms in total. The lowest BCUT2D eigenvalue weighted by Crippen LogP contribution is -1.84. The zero-order valence-electron chi connectivity index (χ0n) is 5.05. The Morgan fingerprint density at radius 1 is 1.00 bits per heavy atom. The summed E-state index contributed by atoms with van der Waals surface area (Å²) in [7, 11) is 0. The van der Waals surface area contributed by atoms with E-state index in [0.29, 0.717) is 0 Å². The molecule has 0 bridgehead atoms. The van der Waals surface area contributed by atoms with Gasteiger partial charge >= 0.3 is 0 Å². The van der Waals surface area contributed by atoms with E-state index < -0.39 is 0 Å². The first-order valence-corrected chi connectivity index (χ1v) is 2.54. The van der Waals surface area contributed by atoms with Crippen molar-refractivity contribution in [2.75, 3.05) is 0 Å². The molecule has 0 unspecified atom stereocenters. The van der Waals surface area contributed by atoms with E-state index >= 15 is 0 Å². The van der Waals surface area contributed by atoms with Gasteiger partial charge in [0.25, 0.3) is 0 Å². The van der Waals surface area contributed by atoms with Crippen molar-refractivity contribution in [2.24, 2.45) is 0 Å². The summed E-state index contributed by atoms with van der Waals surface area (Å²) >= 11 is 0. The number of aromatic nitrogens is 2. The van der Waals surface area contributed by atoms with E-state index in [2.05, 4.69) is 9.97 Å². The van der Waals surface area contributed by atoms with E-state index in [9.17, 15) is 0 Å². The minimum Gasteiger partial charge on any atom is -0.258 e. The van der Waals surface area contributed by atoms with Gasteiger partial charge in [0.15, 0.2) is 0 Å². The van der Waals surface area contributed by atoms with Crippen LogP contribution in [0.25, 0.3) is 0 Å². The molecule has 0 radical (unpaired) electrons. The monoisotopic (exact) mass is 108 g/mol. The fourth-order valence-electron chi connectivity index (χ4n) is 0.457. The second kappa shape index (κ2) is 1.90. The molecule has 0 saturated carbocycles. The average molecular weight is 108 g/mol. The fraction of sp³-hybridized carbons (Fsp3) is 0.333. The molecule has 0 amide bonds. The third kappa shape index (κ3) is 1.03. The molecule has 0 N–H and O–H groups in total. The summed E-state index contributed by atoms with van der Waals surface area (Å²) in [5.41, 5.74) is 1.94. The zero-order valence-corrected chi connectivity index (χ0v) is 5.05. The first-order valence-electron chi connectivity index (χ1n) is 2.54. The molecule has 0 fully saturated rings. The molecule has 1 aromatic rings. The molecule has 1 aromatic heterocycles. The molecule has 1 rings (SSSR count). The molecule has 42 valence electrons. The SMILES string of the molecule is Cc1cnc(C)cn1. The van der Waals surface area contributed by atoms with Crippen molar-refractivity contribution in [1.29, 1.82) is 0 Å². The van der Waals surface area contributed by atoms with Crippen LogP contribution in [0.1, 0.15) is 11.4 Å². The number of rotatable bonds is 0. The van der Waals surface area contributed by atoms with Crippen LogP contribution in [0, 0.1) is 13.8 Å². The van der Waals surface area contributed by atoms with Gasteiger partial charge < -0.3 is 0 Å². The second-order valence-corrected chi connectivity index (χ2v) is 1.80. The van der Waals surface area contributed by atoms with Crippen LogP contribution in [0.15, 0.2) is 12.4 Å². The lowest BCUT2D eigenvalue weighted by atomic mass is 10.5. The molecule has 0 saturated heterocycles. The van der Waals surface area contributed by atoms with E-state index in [1.807, 2.05) is 13.8 Å². The molecule has 0 atom stereocenters. The highest BCUT2D eigenvalue weighted by atomic mass is 14.8. The third-order valence-corrected chi connectivity index (χ3v) is 0.910. The highest BCUT2D eigenvalue weighted by Crippen LogP contribution is 1.88. The number of hydrogen-bond acceptors (Lipinski definition) is 2. The Morgan fingerprint density at radius 3 is 1.62 bits per heavy atom. The summed E-state index contributed by atoms with van der Waals surface area (Å²) in [4.78, 5) is 8.03. The van der Waals surface area contributed by atoms with Crippen LogP contribution in [0.5, 0.6) is 0 Å². The minimum absolute atomic E-state index is 0.968. The van der Waals surface area contributed by atoms with Gasteiger partial charge in [0.1, 0.15) is 0 Å². The van der Waals surface area contributed by atoms with Crippen molar-refractivity contribution in [3.05, 3.63) is 23.8 Å². The third-order valence-electron chi connectivity index (χ3n) is 0.910. The maximum absolute atomic E-state index is 4.02. The quantitative estimate of drug-likeness (QED) is 0.497. The lowest BCUT2D eigenvalue weighted by molar-refractivity contribution is 1.06. The largest absolute Gasteiger partial charge is 0.258 e. The van der Waals surface area contributed by atoms with Crippen LogP contribution in [0.4, 0.5) is 0 Å². The molecular formula is C6H8N2. The molecule has 2 heteroatoms. The molecule has 1 heterocycles. The Hall–Kier alpha value is -0.920. The van der Waals surface area contributed by atoms with Crippen molar-refractivity contribution in [3.63, 3.8) is 0 Å². The Bertz CT molecular complexity index is 145. The number of hydrogen-bond donors (Lipinski definition) is 0. The van der Waals surface area contributed by atoms with Crippen LogP contribution < -0.4 is 0 Å². The van der Waals surface area contributed by atoms with E-state index in [1.54, 1.807) is 12.4 Å². The maximum atomic E-state index is 4.02. The Morgan fingerprint density at radius 2 is 1.38 bits per heavy atom. The maximum Gasteiger partial charge on any atom is 0.0555 e. The zero-order chi connectivity index (χ0) is 5.98. The van der Waals surface area contributed by atoms with Crippen LogP contribution in [0.3, 0.4) is 0 Å². The molecule has 0 aliphatic rings. The van der Waals surface area contributed by atoms with Crippen LogP contribution in [-0.2, 0) is 0 Å². The van der Waals surface area contributed by atoms with Gasteiger partial charge in [-0.2, -0.15) is 0 Å². The van der Waals surface area contributed by atoms with Gasteiger partial charge in [0, 0.05) is 12.4 Å². The van der Waals surface area contributed by atoms with Gasteiger partial charge in [-0.1, -0.05) is 0 Å².